The topological polar surface area (TPSA) is 63.3 Å². The number of guanidine groups is 1. The van der Waals surface area contributed by atoms with Crippen LogP contribution in [0.5, 0.6) is 0 Å². The Kier molecular flexibility index (Phi) is 4.30. The molecular formula is C10H16N4S. The molecule has 0 saturated heterocycles. The van der Waals surface area contributed by atoms with Crippen LogP contribution in [0.3, 0.4) is 0 Å². The van der Waals surface area contributed by atoms with E-state index in [1.807, 2.05) is 13.8 Å². The van der Waals surface area contributed by atoms with Crippen molar-refractivity contribution in [2.45, 2.75) is 20.4 Å². The first-order valence-corrected chi connectivity index (χ1v) is 5.52. The van der Waals surface area contributed by atoms with Gasteiger partial charge in [-0.15, -0.1) is 17.9 Å². The Labute approximate surface area is 93.9 Å². The molecule has 1 rings (SSSR count). The van der Waals surface area contributed by atoms with Crippen LogP contribution >= 0.6 is 11.3 Å². The number of nitrogens with one attached hydrogen (secondary N) is 1. The van der Waals surface area contributed by atoms with E-state index in [9.17, 15) is 0 Å². The second kappa shape index (κ2) is 5.50. The fourth-order valence-corrected chi connectivity index (χ4v) is 1.97. The summed E-state index contributed by atoms with van der Waals surface area (Å²) in [7, 11) is 0. The van der Waals surface area contributed by atoms with E-state index in [2.05, 4.69) is 21.9 Å². The van der Waals surface area contributed by atoms with Crippen molar-refractivity contribution >= 4 is 17.3 Å². The Balaban J connectivity index is 2.55. The van der Waals surface area contributed by atoms with E-state index in [0.29, 0.717) is 19.0 Å². The van der Waals surface area contributed by atoms with Crippen molar-refractivity contribution in [3.63, 3.8) is 0 Å². The maximum atomic E-state index is 5.64. The zero-order valence-electron chi connectivity index (χ0n) is 9.08. The van der Waals surface area contributed by atoms with Crippen LogP contribution in [0.25, 0.3) is 0 Å². The number of aliphatic imine (C=N–C) groups is 1. The smallest absolute Gasteiger partial charge is 0.189 e. The highest BCUT2D eigenvalue weighted by Crippen LogP contribution is 2.17. The van der Waals surface area contributed by atoms with E-state index < -0.39 is 0 Å². The van der Waals surface area contributed by atoms with E-state index in [0.717, 1.165) is 15.6 Å². The molecule has 0 bridgehead atoms. The Hall–Kier alpha value is -1.36. The Morgan fingerprint density at radius 2 is 2.40 bits per heavy atom. The van der Waals surface area contributed by atoms with Crippen LogP contribution < -0.4 is 11.1 Å². The fraction of sp³-hybridized carbons (Fsp3) is 0.400. The molecule has 0 amide bonds. The fourth-order valence-electron chi connectivity index (χ4n) is 1.11. The van der Waals surface area contributed by atoms with Gasteiger partial charge in [0.1, 0.15) is 0 Å². The van der Waals surface area contributed by atoms with Crippen LogP contribution in [0.4, 0.5) is 0 Å². The summed E-state index contributed by atoms with van der Waals surface area (Å²) >= 11 is 1.66. The van der Waals surface area contributed by atoms with Crippen LogP contribution in [-0.2, 0) is 6.54 Å². The molecule has 0 saturated carbocycles. The third kappa shape index (κ3) is 3.71. The van der Waals surface area contributed by atoms with Crippen molar-refractivity contribution in [1.29, 1.82) is 0 Å². The van der Waals surface area contributed by atoms with Crippen LogP contribution in [0.2, 0.25) is 0 Å². The average Bonchev–Trinajstić information content (AvgIpc) is 2.51. The standard InChI is InChI=1S/C10H16N4S/c1-4-5-12-10(11)13-6-9-7(2)14-8(3)15-9/h4H,1,5-6H2,2-3H3,(H3,11,12,13). The van der Waals surface area contributed by atoms with Gasteiger partial charge in [0.15, 0.2) is 5.96 Å². The predicted molar refractivity (Wildman–Crippen MR) is 65.1 cm³/mol. The van der Waals surface area contributed by atoms with Gasteiger partial charge in [-0.1, -0.05) is 6.08 Å². The summed E-state index contributed by atoms with van der Waals surface area (Å²) in [6.07, 6.45) is 1.74. The quantitative estimate of drug-likeness (QED) is 0.461. The van der Waals surface area contributed by atoms with Gasteiger partial charge < -0.3 is 11.1 Å². The summed E-state index contributed by atoms with van der Waals surface area (Å²) in [6, 6.07) is 0. The van der Waals surface area contributed by atoms with Crippen molar-refractivity contribution in [3.05, 3.63) is 28.2 Å². The summed E-state index contributed by atoms with van der Waals surface area (Å²) in [6.45, 7) is 8.79. The Morgan fingerprint density at radius 3 is 2.93 bits per heavy atom. The van der Waals surface area contributed by atoms with Gasteiger partial charge >= 0.3 is 0 Å². The molecule has 15 heavy (non-hydrogen) atoms. The molecule has 1 heterocycles. The molecule has 3 N–H and O–H groups in total. The second-order valence-electron chi connectivity index (χ2n) is 3.11. The molecule has 1 aromatic heterocycles. The minimum Gasteiger partial charge on any atom is -0.370 e. The zero-order valence-corrected chi connectivity index (χ0v) is 9.90. The number of nitrogens with two attached hydrogens (primary N) is 1. The molecule has 0 aliphatic rings. The lowest BCUT2D eigenvalue weighted by Gasteiger charge is -2.01. The van der Waals surface area contributed by atoms with Gasteiger partial charge in [0.2, 0.25) is 0 Å². The van der Waals surface area contributed by atoms with Crippen LogP contribution in [-0.4, -0.2) is 17.5 Å². The van der Waals surface area contributed by atoms with Gasteiger partial charge in [-0.05, 0) is 13.8 Å². The van der Waals surface area contributed by atoms with Crippen LogP contribution in [0, 0.1) is 13.8 Å². The highest BCUT2D eigenvalue weighted by molar-refractivity contribution is 7.11. The summed E-state index contributed by atoms with van der Waals surface area (Å²) in [5.74, 6) is 0.445. The molecule has 82 valence electrons. The van der Waals surface area contributed by atoms with Crippen molar-refractivity contribution in [3.8, 4) is 0 Å². The summed E-state index contributed by atoms with van der Waals surface area (Å²) in [5.41, 5.74) is 6.68. The minimum atomic E-state index is 0.445. The molecule has 0 fully saturated rings. The van der Waals surface area contributed by atoms with Gasteiger partial charge in [-0.25, -0.2) is 9.98 Å². The molecule has 0 atom stereocenters. The zero-order chi connectivity index (χ0) is 11.3. The van der Waals surface area contributed by atoms with Crippen molar-refractivity contribution in [2.75, 3.05) is 6.54 Å². The Morgan fingerprint density at radius 1 is 1.67 bits per heavy atom. The lowest BCUT2D eigenvalue weighted by atomic mass is 10.4. The van der Waals surface area contributed by atoms with Crippen LogP contribution in [0.1, 0.15) is 15.6 Å². The Bertz CT molecular complexity index is 367. The number of nitrogens with zero attached hydrogens (tertiary/aromatic N) is 2. The third-order valence-electron chi connectivity index (χ3n) is 1.82. The van der Waals surface area contributed by atoms with Gasteiger partial charge in [0, 0.05) is 11.4 Å². The molecule has 0 aromatic carbocycles. The second-order valence-corrected chi connectivity index (χ2v) is 4.40. The van der Waals surface area contributed by atoms with Gasteiger partial charge in [-0.3, -0.25) is 0 Å². The number of hydrogen-bond acceptors (Lipinski definition) is 3. The predicted octanol–water partition coefficient (Wildman–Crippen LogP) is 1.35. The first-order valence-electron chi connectivity index (χ1n) is 4.71. The van der Waals surface area contributed by atoms with E-state index in [1.165, 1.54) is 0 Å². The molecular weight excluding hydrogens is 208 g/mol. The number of thiazole rings is 1. The van der Waals surface area contributed by atoms with E-state index >= 15 is 0 Å². The normalized spacial score (nSPS) is 11.5. The van der Waals surface area contributed by atoms with Gasteiger partial charge in [0.05, 0.1) is 17.2 Å². The van der Waals surface area contributed by atoms with Crippen LogP contribution in [0.15, 0.2) is 17.6 Å². The highest BCUT2D eigenvalue weighted by Gasteiger charge is 2.03. The molecule has 4 nitrogen and oxygen atoms in total. The first kappa shape index (κ1) is 11.7. The highest BCUT2D eigenvalue weighted by atomic mass is 32.1. The van der Waals surface area contributed by atoms with Crippen molar-refractivity contribution < 1.29 is 0 Å². The number of aromatic nitrogens is 1. The number of rotatable bonds is 4. The average molecular weight is 224 g/mol. The lowest BCUT2D eigenvalue weighted by Crippen LogP contribution is -2.31. The number of aryl methyl sites for hydroxylation is 2. The SMILES string of the molecule is C=CCNC(N)=NCc1sc(C)nc1C. The minimum absolute atomic E-state index is 0.445. The summed E-state index contributed by atoms with van der Waals surface area (Å²) in [5, 5.41) is 3.99. The molecule has 0 aliphatic carbocycles. The van der Waals surface area contributed by atoms with Crippen molar-refractivity contribution in [1.82, 2.24) is 10.3 Å². The van der Waals surface area contributed by atoms with E-state index in [1.54, 1.807) is 17.4 Å². The maximum absolute atomic E-state index is 5.64. The molecule has 0 aliphatic heterocycles. The first-order chi connectivity index (χ1) is 7.13. The van der Waals surface area contributed by atoms with Crippen molar-refractivity contribution in [2.24, 2.45) is 10.7 Å². The summed E-state index contributed by atoms with van der Waals surface area (Å²) < 4.78 is 0. The van der Waals surface area contributed by atoms with Gasteiger partial charge in [-0.2, -0.15) is 0 Å². The molecule has 0 unspecified atom stereocenters. The molecule has 0 spiro atoms. The molecule has 5 heteroatoms. The monoisotopic (exact) mass is 224 g/mol. The summed E-state index contributed by atoms with van der Waals surface area (Å²) in [4.78, 5) is 9.70. The van der Waals surface area contributed by atoms with E-state index in [-0.39, 0.29) is 0 Å². The van der Waals surface area contributed by atoms with Gasteiger partial charge in [0.25, 0.3) is 0 Å². The third-order valence-corrected chi connectivity index (χ3v) is 2.88. The molecule has 1 aromatic rings. The molecule has 0 radical (unpaired) electrons. The van der Waals surface area contributed by atoms with E-state index in [4.69, 9.17) is 5.73 Å². The maximum Gasteiger partial charge on any atom is 0.189 e. The lowest BCUT2D eigenvalue weighted by molar-refractivity contribution is 0.970. The number of hydrogen-bond donors (Lipinski definition) is 2. The largest absolute Gasteiger partial charge is 0.370 e.